The Bertz CT molecular complexity index is 737. The number of nitrogens with zero attached hydrogens (tertiary/aromatic N) is 2. The number of allylic oxidation sites excluding steroid dienone is 1. The van der Waals surface area contributed by atoms with Crippen molar-refractivity contribution in [3.8, 4) is 0 Å². The van der Waals surface area contributed by atoms with Gasteiger partial charge < -0.3 is 18.9 Å². The Labute approximate surface area is 155 Å². The van der Waals surface area contributed by atoms with E-state index >= 15 is 0 Å². The normalized spacial score (nSPS) is 19.2. The van der Waals surface area contributed by atoms with Gasteiger partial charge >= 0.3 is 0 Å². The van der Waals surface area contributed by atoms with Crippen molar-refractivity contribution in [2.75, 3.05) is 28.4 Å². The summed E-state index contributed by atoms with van der Waals surface area (Å²) >= 11 is 11.6. The molecule has 0 N–H and O–H groups in total. The molecule has 1 aromatic rings. The predicted molar refractivity (Wildman–Crippen MR) is 94.7 cm³/mol. The Morgan fingerprint density at radius 3 is 2.36 bits per heavy atom. The molecule has 0 aliphatic heterocycles. The van der Waals surface area contributed by atoms with E-state index < -0.39 is 17.1 Å². The Hall–Kier alpha value is -1.22. The van der Waals surface area contributed by atoms with Gasteiger partial charge in [-0.25, -0.2) is 4.68 Å². The zero-order valence-electron chi connectivity index (χ0n) is 14.4. The van der Waals surface area contributed by atoms with Gasteiger partial charge in [0, 0.05) is 41.1 Å². The van der Waals surface area contributed by atoms with Gasteiger partial charge in [0.2, 0.25) is 0 Å². The molecule has 0 unspecified atom stereocenters. The summed E-state index contributed by atoms with van der Waals surface area (Å²) in [6.45, 7) is 0. The zero-order valence-corrected chi connectivity index (χ0v) is 15.9. The van der Waals surface area contributed by atoms with Crippen molar-refractivity contribution in [3.05, 3.63) is 44.3 Å². The predicted octanol–water partition coefficient (Wildman–Crippen LogP) is 2.72. The van der Waals surface area contributed by atoms with E-state index in [0.717, 1.165) is 10.3 Å². The topological polar surface area (TPSA) is 71.8 Å². The molecule has 9 heteroatoms. The molecule has 1 aliphatic rings. The van der Waals surface area contributed by atoms with Crippen LogP contribution in [0.25, 0.3) is 6.20 Å². The van der Waals surface area contributed by atoms with E-state index in [9.17, 15) is 4.79 Å². The zero-order chi connectivity index (χ0) is 18.7. The van der Waals surface area contributed by atoms with Gasteiger partial charge in [-0.15, -0.1) is 0 Å². The Morgan fingerprint density at radius 2 is 1.80 bits per heavy atom. The van der Waals surface area contributed by atoms with Crippen LogP contribution in [-0.2, 0) is 18.9 Å². The van der Waals surface area contributed by atoms with Gasteiger partial charge in [0.25, 0.3) is 5.56 Å². The Balaban J connectivity index is 2.41. The summed E-state index contributed by atoms with van der Waals surface area (Å²) in [5.41, 5.74) is 0.259. The first-order valence-corrected chi connectivity index (χ1v) is 8.13. The number of rotatable bonds is 6. The van der Waals surface area contributed by atoms with Crippen molar-refractivity contribution in [2.24, 2.45) is 0 Å². The summed E-state index contributed by atoms with van der Waals surface area (Å²) in [6.07, 6.45) is 7.06. The van der Waals surface area contributed by atoms with Crippen LogP contribution in [0.1, 0.15) is 12.8 Å². The maximum atomic E-state index is 12.1. The van der Waals surface area contributed by atoms with Crippen LogP contribution in [0.3, 0.4) is 0 Å². The van der Waals surface area contributed by atoms with E-state index in [0.29, 0.717) is 12.8 Å². The average Bonchev–Trinajstić information content (AvgIpc) is 2.65. The van der Waals surface area contributed by atoms with E-state index in [1.165, 1.54) is 26.6 Å². The quantitative estimate of drug-likeness (QED) is 0.695. The number of halogens is 2. The minimum Gasteiger partial charge on any atom is -0.353 e. The molecule has 0 atom stereocenters. The molecule has 0 saturated heterocycles. The highest BCUT2D eigenvalue weighted by Gasteiger charge is 2.45. The molecule has 1 aliphatic carbocycles. The van der Waals surface area contributed by atoms with Gasteiger partial charge in [-0.2, -0.15) is 5.10 Å². The second-order valence-electron chi connectivity index (χ2n) is 5.48. The molecule has 0 aromatic carbocycles. The summed E-state index contributed by atoms with van der Waals surface area (Å²) in [5, 5.41) is 3.93. The van der Waals surface area contributed by atoms with Crippen molar-refractivity contribution in [1.82, 2.24) is 9.78 Å². The van der Waals surface area contributed by atoms with Crippen LogP contribution in [0.2, 0.25) is 10.0 Å². The largest absolute Gasteiger partial charge is 0.353 e. The van der Waals surface area contributed by atoms with Crippen molar-refractivity contribution in [3.63, 3.8) is 0 Å². The first-order valence-electron chi connectivity index (χ1n) is 7.37. The van der Waals surface area contributed by atoms with Crippen LogP contribution in [0, 0.1) is 0 Å². The molecule has 138 valence electrons. The van der Waals surface area contributed by atoms with Crippen LogP contribution in [0.5, 0.6) is 0 Å². The highest BCUT2D eigenvalue weighted by molar-refractivity contribution is 6.41. The molecular formula is C16H20Cl2N2O5. The van der Waals surface area contributed by atoms with E-state index in [2.05, 4.69) is 5.10 Å². The van der Waals surface area contributed by atoms with Gasteiger partial charge in [-0.3, -0.25) is 4.79 Å². The smallest absolute Gasteiger partial charge is 0.291 e. The highest BCUT2D eigenvalue weighted by Crippen LogP contribution is 2.39. The molecule has 0 fully saturated rings. The summed E-state index contributed by atoms with van der Waals surface area (Å²) < 4.78 is 23.2. The number of hydrogen-bond acceptors (Lipinski definition) is 6. The Morgan fingerprint density at radius 1 is 1.16 bits per heavy atom. The molecule has 1 heterocycles. The molecule has 0 amide bonds. The second-order valence-corrected chi connectivity index (χ2v) is 6.27. The Kier molecular flexibility index (Phi) is 6.42. The van der Waals surface area contributed by atoms with Crippen molar-refractivity contribution in [1.29, 1.82) is 0 Å². The summed E-state index contributed by atoms with van der Waals surface area (Å²) in [4.78, 5) is 12.1. The molecule has 7 nitrogen and oxygen atoms in total. The lowest BCUT2D eigenvalue weighted by atomic mass is 9.88. The fraction of sp³-hybridized carbons (Fsp3) is 0.500. The van der Waals surface area contributed by atoms with Gasteiger partial charge in [-0.1, -0.05) is 23.2 Å². The highest BCUT2D eigenvalue weighted by atomic mass is 35.5. The van der Waals surface area contributed by atoms with Gasteiger partial charge in [0.05, 0.1) is 17.6 Å². The van der Waals surface area contributed by atoms with Crippen molar-refractivity contribution in [2.45, 2.75) is 24.4 Å². The molecule has 0 bridgehead atoms. The van der Waals surface area contributed by atoms with Crippen LogP contribution >= 0.6 is 23.2 Å². The molecule has 1 aromatic heterocycles. The second kappa shape index (κ2) is 7.99. The molecule has 2 rings (SSSR count). The lowest BCUT2D eigenvalue weighted by Gasteiger charge is -2.42. The number of ether oxygens (including phenoxy) is 4. The van der Waals surface area contributed by atoms with E-state index in [-0.39, 0.29) is 10.0 Å². The molecule has 0 saturated carbocycles. The standard InChI is InChI=1S/C16H20Cl2N2O5/c1-22-15(23-2)7-11(8-16(10-15,24-3)25-4)5-6-20-14(21)13(18)12(17)9-19-20/h5-7,9H,8,10H2,1-4H3. The summed E-state index contributed by atoms with van der Waals surface area (Å²) in [7, 11) is 6.18. The van der Waals surface area contributed by atoms with Crippen molar-refractivity contribution >= 4 is 29.4 Å². The van der Waals surface area contributed by atoms with Crippen molar-refractivity contribution < 1.29 is 18.9 Å². The van der Waals surface area contributed by atoms with E-state index in [1.54, 1.807) is 20.3 Å². The third kappa shape index (κ3) is 4.13. The van der Waals surface area contributed by atoms with Crippen LogP contribution in [0.15, 0.2) is 28.7 Å². The van der Waals surface area contributed by atoms with E-state index in [1.807, 2.05) is 6.08 Å². The number of hydrogen-bond donors (Lipinski definition) is 0. The lowest BCUT2D eigenvalue weighted by molar-refractivity contribution is -0.280. The first-order chi connectivity index (χ1) is 11.8. The minimum absolute atomic E-state index is 0.0924. The summed E-state index contributed by atoms with van der Waals surface area (Å²) in [6, 6.07) is 0. The maximum absolute atomic E-state index is 12.1. The fourth-order valence-electron chi connectivity index (χ4n) is 2.66. The van der Waals surface area contributed by atoms with Gasteiger partial charge in [-0.05, 0) is 17.7 Å². The van der Waals surface area contributed by atoms with Crippen LogP contribution in [-0.4, -0.2) is 49.8 Å². The van der Waals surface area contributed by atoms with Gasteiger partial charge in [0.15, 0.2) is 11.6 Å². The van der Waals surface area contributed by atoms with Crippen LogP contribution in [0.4, 0.5) is 0 Å². The van der Waals surface area contributed by atoms with Gasteiger partial charge in [0.1, 0.15) is 5.02 Å². The lowest BCUT2D eigenvalue weighted by Crippen LogP contribution is -2.48. The average molecular weight is 391 g/mol. The maximum Gasteiger partial charge on any atom is 0.291 e. The SMILES string of the molecule is COC1(OC)C=C(C=Cn2ncc(Cl)c(Cl)c2=O)CC(OC)(OC)C1. The van der Waals surface area contributed by atoms with E-state index in [4.69, 9.17) is 42.1 Å². The number of aromatic nitrogens is 2. The molecular weight excluding hydrogens is 371 g/mol. The monoisotopic (exact) mass is 390 g/mol. The third-order valence-corrected chi connectivity index (χ3v) is 4.91. The third-order valence-electron chi connectivity index (χ3n) is 4.16. The molecule has 0 spiro atoms. The molecule has 25 heavy (non-hydrogen) atoms. The fourth-order valence-corrected chi connectivity index (χ4v) is 2.92. The molecule has 0 radical (unpaired) electrons. The first kappa shape index (κ1) is 20.1. The number of methoxy groups -OCH3 is 4. The minimum atomic E-state index is -1.01. The van der Waals surface area contributed by atoms with Crippen LogP contribution < -0.4 is 5.56 Å². The summed E-state index contributed by atoms with van der Waals surface area (Å²) in [5.74, 6) is -1.93.